The van der Waals surface area contributed by atoms with Crippen molar-refractivity contribution >= 4 is 12.1 Å². The van der Waals surface area contributed by atoms with Crippen LogP contribution in [0.3, 0.4) is 0 Å². The van der Waals surface area contributed by atoms with E-state index in [4.69, 9.17) is 18.9 Å². The predicted octanol–water partition coefficient (Wildman–Crippen LogP) is 0.704. The zero-order chi connectivity index (χ0) is 21.6. The number of rotatable bonds is 6. The van der Waals surface area contributed by atoms with Crippen molar-refractivity contribution in [1.29, 1.82) is 0 Å². The summed E-state index contributed by atoms with van der Waals surface area (Å²) in [5.74, 6) is 0. The summed E-state index contributed by atoms with van der Waals surface area (Å²) in [5, 5.41) is 11.0. The maximum Gasteiger partial charge on any atom is 0.316 e. The topological polar surface area (TPSA) is 119 Å². The van der Waals surface area contributed by atoms with Gasteiger partial charge in [-0.3, -0.25) is 0 Å². The Morgan fingerprint density at radius 2 is 1.17 bits per heavy atom. The minimum absolute atomic E-state index is 0.0241. The summed E-state index contributed by atoms with van der Waals surface area (Å²) < 4.78 is 22.5. The Kier molecular flexibility index (Phi) is 8.94. The fraction of sp³-hybridized carbons (Fsp3) is 0.895. The van der Waals surface area contributed by atoms with Gasteiger partial charge in [0.15, 0.2) is 0 Å². The molecular weight excluding hydrogens is 380 g/mol. The molecule has 4 amide bonds. The van der Waals surface area contributed by atoms with E-state index >= 15 is 0 Å². The molecule has 168 valence electrons. The van der Waals surface area contributed by atoms with Gasteiger partial charge in [-0.1, -0.05) is 0 Å². The van der Waals surface area contributed by atoms with Gasteiger partial charge in [-0.25, -0.2) is 9.59 Å². The highest BCUT2D eigenvalue weighted by Crippen LogP contribution is 2.22. The van der Waals surface area contributed by atoms with Gasteiger partial charge in [0.05, 0.1) is 55.4 Å². The average Bonchev–Trinajstić information content (AvgIpc) is 2.65. The molecule has 29 heavy (non-hydrogen) atoms. The second-order valence-corrected chi connectivity index (χ2v) is 7.85. The molecule has 0 aliphatic carbocycles. The lowest BCUT2D eigenvalue weighted by Gasteiger charge is -2.39. The molecule has 4 N–H and O–H groups in total. The predicted molar refractivity (Wildman–Crippen MR) is 107 cm³/mol. The molecule has 0 unspecified atom stereocenters. The molecule has 10 nitrogen and oxygen atoms in total. The number of methoxy groups -OCH3 is 2. The van der Waals surface area contributed by atoms with Crippen LogP contribution in [0.4, 0.5) is 9.59 Å². The zero-order valence-electron chi connectivity index (χ0n) is 18.2. The van der Waals surface area contributed by atoms with Crippen molar-refractivity contribution in [3.8, 4) is 0 Å². The Hall–Kier alpha value is -1.62. The van der Waals surface area contributed by atoms with Crippen molar-refractivity contribution in [2.75, 3.05) is 20.9 Å². The van der Waals surface area contributed by atoms with E-state index in [1.165, 1.54) is 0 Å². The molecule has 0 bridgehead atoms. The number of urea groups is 2. The molecular formula is C19H36N4O6. The van der Waals surface area contributed by atoms with Crippen LogP contribution in [-0.4, -0.2) is 81.7 Å². The van der Waals surface area contributed by atoms with Gasteiger partial charge in [0.2, 0.25) is 0 Å². The number of hydrogen-bond donors (Lipinski definition) is 4. The SMILES string of the molecule is CO[C@H]1C[C@H](C)O[C@@H](C)[C@H]1NC(=O)NCNC(=O)N[C@@H]1[C@H](C)O[C@@H](C)C[C@@H]1OC. The normalized spacial score (nSPS) is 37.4. The first kappa shape index (κ1) is 23.7. The Bertz CT molecular complexity index is 505. The maximum atomic E-state index is 12.2. The van der Waals surface area contributed by atoms with Crippen LogP contribution >= 0.6 is 0 Å². The van der Waals surface area contributed by atoms with E-state index in [-0.39, 0.29) is 55.4 Å². The van der Waals surface area contributed by atoms with Crippen LogP contribution in [0, 0.1) is 0 Å². The molecule has 0 saturated carbocycles. The summed E-state index contributed by atoms with van der Waals surface area (Å²) in [6.45, 7) is 7.74. The lowest BCUT2D eigenvalue weighted by Crippen LogP contribution is -2.60. The van der Waals surface area contributed by atoms with Gasteiger partial charge in [-0.05, 0) is 27.7 Å². The van der Waals surface area contributed by atoms with Gasteiger partial charge < -0.3 is 40.2 Å². The number of nitrogens with one attached hydrogen (secondary N) is 4. The standard InChI is InChI=1S/C19H36N4O6/c1-10-7-14(26-5)16(12(3)28-10)22-18(24)20-9-21-19(25)23-17-13(4)29-11(2)8-15(17)27-6/h10-17H,7-9H2,1-6H3,(H2,20,22,24)(H2,21,23,25)/t10-,11-,12-,13-,14-,15-,16+,17+/m0/s1. The van der Waals surface area contributed by atoms with Crippen molar-refractivity contribution in [2.45, 2.75) is 89.2 Å². The third-order valence-electron chi connectivity index (χ3n) is 5.53. The van der Waals surface area contributed by atoms with Gasteiger partial charge in [0.25, 0.3) is 0 Å². The molecule has 2 saturated heterocycles. The minimum Gasteiger partial charge on any atom is -0.379 e. The fourth-order valence-corrected chi connectivity index (χ4v) is 4.08. The summed E-state index contributed by atoms with van der Waals surface area (Å²) >= 11 is 0. The third kappa shape index (κ3) is 6.70. The lowest BCUT2D eigenvalue weighted by molar-refractivity contribution is -0.110. The molecule has 0 aromatic heterocycles. The van der Waals surface area contributed by atoms with Crippen molar-refractivity contribution in [1.82, 2.24) is 21.3 Å². The molecule has 0 radical (unpaired) electrons. The number of amides is 4. The Morgan fingerprint density at radius 3 is 1.52 bits per heavy atom. The van der Waals surface area contributed by atoms with Crippen LogP contribution in [-0.2, 0) is 18.9 Å². The summed E-state index contributed by atoms with van der Waals surface area (Å²) in [4.78, 5) is 24.4. The van der Waals surface area contributed by atoms with Crippen LogP contribution in [0.1, 0.15) is 40.5 Å². The lowest BCUT2D eigenvalue weighted by atomic mass is 9.96. The monoisotopic (exact) mass is 416 g/mol. The molecule has 2 heterocycles. The Morgan fingerprint density at radius 1 is 0.793 bits per heavy atom. The highest BCUT2D eigenvalue weighted by molar-refractivity contribution is 5.77. The van der Waals surface area contributed by atoms with E-state index in [2.05, 4.69) is 21.3 Å². The van der Waals surface area contributed by atoms with Crippen LogP contribution < -0.4 is 21.3 Å². The van der Waals surface area contributed by atoms with E-state index in [1.54, 1.807) is 14.2 Å². The third-order valence-corrected chi connectivity index (χ3v) is 5.53. The minimum atomic E-state index is -0.402. The van der Waals surface area contributed by atoms with Crippen LogP contribution in [0.25, 0.3) is 0 Å². The molecule has 0 aromatic rings. The molecule has 8 atom stereocenters. The highest BCUT2D eigenvalue weighted by atomic mass is 16.5. The largest absolute Gasteiger partial charge is 0.379 e. The molecule has 2 aliphatic rings. The Balaban J connectivity index is 1.74. The molecule has 10 heteroatoms. The maximum absolute atomic E-state index is 12.2. The van der Waals surface area contributed by atoms with E-state index in [1.807, 2.05) is 27.7 Å². The smallest absolute Gasteiger partial charge is 0.316 e. The van der Waals surface area contributed by atoms with E-state index in [0.717, 1.165) is 0 Å². The quantitative estimate of drug-likeness (QED) is 0.474. The molecule has 0 spiro atoms. The van der Waals surface area contributed by atoms with Crippen LogP contribution in [0.2, 0.25) is 0 Å². The fourth-order valence-electron chi connectivity index (χ4n) is 4.08. The van der Waals surface area contributed by atoms with Crippen LogP contribution in [0.15, 0.2) is 0 Å². The van der Waals surface area contributed by atoms with Crippen molar-refractivity contribution < 1.29 is 28.5 Å². The second-order valence-electron chi connectivity index (χ2n) is 7.85. The van der Waals surface area contributed by atoms with Crippen molar-refractivity contribution in [3.63, 3.8) is 0 Å². The van der Waals surface area contributed by atoms with Gasteiger partial charge in [0, 0.05) is 27.1 Å². The number of carbonyl (C=O) groups excluding carboxylic acids is 2. The molecule has 2 aliphatic heterocycles. The van der Waals surface area contributed by atoms with Gasteiger partial charge in [0.1, 0.15) is 0 Å². The zero-order valence-corrected chi connectivity index (χ0v) is 18.2. The van der Waals surface area contributed by atoms with Crippen LogP contribution in [0.5, 0.6) is 0 Å². The first-order chi connectivity index (χ1) is 13.7. The van der Waals surface area contributed by atoms with E-state index in [9.17, 15) is 9.59 Å². The van der Waals surface area contributed by atoms with Gasteiger partial charge in [-0.2, -0.15) is 0 Å². The van der Waals surface area contributed by atoms with Gasteiger partial charge in [-0.15, -0.1) is 0 Å². The number of carbonyl (C=O) groups is 2. The Labute approximate surface area is 172 Å². The second kappa shape index (κ2) is 11.0. The molecule has 2 fully saturated rings. The average molecular weight is 417 g/mol. The number of hydrogen-bond acceptors (Lipinski definition) is 6. The summed E-state index contributed by atoms with van der Waals surface area (Å²) in [7, 11) is 3.25. The number of ether oxygens (including phenoxy) is 4. The molecule has 0 aromatic carbocycles. The first-order valence-corrected chi connectivity index (χ1v) is 10.2. The van der Waals surface area contributed by atoms with Crippen molar-refractivity contribution in [2.24, 2.45) is 0 Å². The van der Waals surface area contributed by atoms with Gasteiger partial charge >= 0.3 is 12.1 Å². The highest BCUT2D eigenvalue weighted by Gasteiger charge is 2.37. The molecule has 2 rings (SSSR count). The first-order valence-electron chi connectivity index (χ1n) is 10.2. The summed E-state index contributed by atoms with van der Waals surface area (Å²) in [6.07, 6.45) is 0.950. The van der Waals surface area contributed by atoms with E-state index in [0.29, 0.717) is 12.8 Å². The summed E-state index contributed by atoms with van der Waals surface area (Å²) in [5.41, 5.74) is 0. The van der Waals surface area contributed by atoms with E-state index < -0.39 is 12.1 Å². The summed E-state index contributed by atoms with van der Waals surface area (Å²) in [6, 6.07) is -1.34. The van der Waals surface area contributed by atoms with Crippen molar-refractivity contribution in [3.05, 3.63) is 0 Å².